The maximum Gasteiger partial charge on any atom is 0.124 e. The highest BCUT2D eigenvalue weighted by Crippen LogP contribution is 2.29. The van der Waals surface area contributed by atoms with Gasteiger partial charge in [0.25, 0.3) is 0 Å². The summed E-state index contributed by atoms with van der Waals surface area (Å²) < 4.78 is 11.1. The minimum atomic E-state index is 0.179. The number of methoxy groups -OCH3 is 1. The summed E-state index contributed by atoms with van der Waals surface area (Å²) in [7, 11) is 1.70. The Labute approximate surface area is 109 Å². The van der Waals surface area contributed by atoms with E-state index in [1.807, 2.05) is 13.0 Å². The first kappa shape index (κ1) is 13.4. The van der Waals surface area contributed by atoms with Gasteiger partial charge in [-0.2, -0.15) is 0 Å². The maximum atomic E-state index is 5.83. The molecule has 3 nitrogen and oxygen atoms in total. The van der Waals surface area contributed by atoms with E-state index in [4.69, 9.17) is 15.2 Å². The highest BCUT2D eigenvalue weighted by Gasteiger charge is 2.21. The molecular formula is C15H23NO2. The van der Waals surface area contributed by atoms with E-state index in [0.29, 0.717) is 6.61 Å². The van der Waals surface area contributed by atoms with Gasteiger partial charge in [-0.05, 0) is 49.8 Å². The van der Waals surface area contributed by atoms with Crippen molar-refractivity contribution in [2.45, 2.75) is 38.8 Å². The van der Waals surface area contributed by atoms with Gasteiger partial charge >= 0.3 is 0 Å². The third-order valence-electron chi connectivity index (χ3n) is 3.21. The molecule has 1 fully saturated rings. The van der Waals surface area contributed by atoms with E-state index in [1.54, 1.807) is 7.11 Å². The zero-order valence-electron chi connectivity index (χ0n) is 11.3. The molecule has 1 saturated carbocycles. The summed E-state index contributed by atoms with van der Waals surface area (Å²) in [4.78, 5) is 0. The van der Waals surface area contributed by atoms with Gasteiger partial charge in [-0.1, -0.05) is 6.07 Å². The van der Waals surface area contributed by atoms with Crippen molar-refractivity contribution < 1.29 is 9.47 Å². The summed E-state index contributed by atoms with van der Waals surface area (Å²) in [6.45, 7) is 3.53. The fourth-order valence-electron chi connectivity index (χ4n) is 2.06. The van der Waals surface area contributed by atoms with E-state index < -0.39 is 0 Å². The summed E-state index contributed by atoms with van der Waals surface area (Å²) in [5.41, 5.74) is 8.20. The van der Waals surface area contributed by atoms with Crippen molar-refractivity contribution >= 4 is 0 Å². The zero-order chi connectivity index (χ0) is 13.0. The smallest absolute Gasteiger partial charge is 0.124 e. The van der Waals surface area contributed by atoms with Crippen LogP contribution in [0.25, 0.3) is 0 Å². The first-order valence-corrected chi connectivity index (χ1v) is 6.68. The lowest BCUT2D eigenvalue weighted by Gasteiger charge is -2.12. The number of ether oxygens (including phenoxy) is 2. The van der Waals surface area contributed by atoms with Crippen molar-refractivity contribution in [2.75, 3.05) is 13.7 Å². The molecular weight excluding hydrogens is 226 g/mol. The highest BCUT2D eigenvalue weighted by atomic mass is 16.5. The van der Waals surface area contributed by atoms with E-state index in [0.717, 1.165) is 30.3 Å². The van der Waals surface area contributed by atoms with Crippen LogP contribution in [0, 0.1) is 5.92 Å². The van der Waals surface area contributed by atoms with E-state index in [9.17, 15) is 0 Å². The van der Waals surface area contributed by atoms with Gasteiger partial charge in [0, 0.05) is 18.2 Å². The lowest BCUT2D eigenvalue weighted by molar-refractivity contribution is 0.109. The fourth-order valence-corrected chi connectivity index (χ4v) is 2.06. The summed E-state index contributed by atoms with van der Waals surface area (Å²) in [5.74, 6) is 1.70. The Balaban J connectivity index is 1.98. The molecule has 1 aromatic carbocycles. The van der Waals surface area contributed by atoms with Crippen LogP contribution in [0.15, 0.2) is 18.2 Å². The number of rotatable bonds is 7. The predicted molar refractivity (Wildman–Crippen MR) is 72.7 cm³/mol. The zero-order valence-corrected chi connectivity index (χ0v) is 11.3. The summed E-state index contributed by atoms with van der Waals surface area (Å²) >= 11 is 0. The number of hydrogen-bond acceptors (Lipinski definition) is 3. The molecule has 1 aliphatic carbocycles. The second-order valence-corrected chi connectivity index (χ2v) is 5.29. The molecule has 1 atom stereocenters. The molecule has 3 heteroatoms. The lowest BCUT2D eigenvalue weighted by Crippen LogP contribution is -2.17. The standard InChI is InChI=1S/C15H23NO2/c1-11(16)7-13-5-6-15(17-2)14(8-13)10-18-9-12-3-4-12/h5-6,8,11-12H,3-4,7,9-10,16H2,1-2H3. The molecule has 1 aliphatic rings. The molecule has 0 radical (unpaired) electrons. The van der Waals surface area contributed by atoms with Gasteiger partial charge < -0.3 is 15.2 Å². The van der Waals surface area contributed by atoms with Crippen LogP contribution in [0.5, 0.6) is 5.75 Å². The van der Waals surface area contributed by atoms with E-state index >= 15 is 0 Å². The summed E-state index contributed by atoms with van der Waals surface area (Å²) in [6, 6.07) is 6.41. The predicted octanol–water partition coefficient (Wildman–Crippen LogP) is 2.51. The quantitative estimate of drug-likeness (QED) is 0.807. The second-order valence-electron chi connectivity index (χ2n) is 5.29. The van der Waals surface area contributed by atoms with Gasteiger partial charge in [-0.3, -0.25) is 0 Å². The molecule has 0 heterocycles. The molecule has 2 N–H and O–H groups in total. The van der Waals surface area contributed by atoms with Crippen molar-refractivity contribution in [1.29, 1.82) is 0 Å². The van der Waals surface area contributed by atoms with Crippen LogP contribution in [0.4, 0.5) is 0 Å². The van der Waals surface area contributed by atoms with E-state index in [2.05, 4.69) is 12.1 Å². The first-order valence-electron chi connectivity index (χ1n) is 6.68. The van der Waals surface area contributed by atoms with Gasteiger partial charge in [-0.15, -0.1) is 0 Å². The highest BCUT2D eigenvalue weighted by molar-refractivity contribution is 5.37. The Morgan fingerprint density at radius 3 is 2.78 bits per heavy atom. The molecule has 0 saturated heterocycles. The van der Waals surface area contributed by atoms with Crippen molar-refractivity contribution in [3.05, 3.63) is 29.3 Å². The molecule has 1 unspecified atom stereocenters. The molecule has 0 spiro atoms. The minimum absolute atomic E-state index is 0.179. The fraction of sp³-hybridized carbons (Fsp3) is 0.600. The van der Waals surface area contributed by atoms with Gasteiger partial charge in [0.1, 0.15) is 5.75 Å². The summed E-state index contributed by atoms with van der Waals surface area (Å²) in [6.07, 6.45) is 3.53. The van der Waals surface area contributed by atoms with Crippen molar-refractivity contribution in [1.82, 2.24) is 0 Å². The van der Waals surface area contributed by atoms with Crippen LogP contribution in [0.1, 0.15) is 30.9 Å². The molecule has 100 valence electrons. The lowest BCUT2D eigenvalue weighted by atomic mass is 10.0. The van der Waals surface area contributed by atoms with Gasteiger partial charge in [0.2, 0.25) is 0 Å². The number of benzene rings is 1. The average molecular weight is 249 g/mol. The molecule has 1 aromatic rings. The van der Waals surface area contributed by atoms with Crippen LogP contribution >= 0.6 is 0 Å². The molecule has 0 bridgehead atoms. The third kappa shape index (κ3) is 4.00. The van der Waals surface area contributed by atoms with Gasteiger partial charge in [0.15, 0.2) is 0 Å². The van der Waals surface area contributed by atoms with Crippen LogP contribution in [0.2, 0.25) is 0 Å². The molecule has 2 rings (SSSR count). The molecule has 18 heavy (non-hydrogen) atoms. The molecule has 0 amide bonds. The van der Waals surface area contributed by atoms with Crippen LogP contribution < -0.4 is 10.5 Å². The Morgan fingerprint density at radius 2 is 2.17 bits per heavy atom. The Hall–Kier alpha value is -1.06. The average Bonchev–Trinajstić information content (AvgIpc) is 3.13. The van der Waals surface area contributed by atoms with Crippen LogP contribution in [-0.2, 0) is 17.8 Å². The minimum Gasteiger partial charge on any atom is -0.496 e. The SMILES string of the molecule is COc1ccc(CC(C)N)cc1COCC1CC1. The Morgan fingerprint density at radius 1 is 1.39 bits per heavy atom. The van der Waals surface area contributed by atoms with Crippen molar-refractivity contribution in [3.63, 3.8) is 0 Å². The van der Waals surface area contributed by atoms with Crippen LogP contribution in [-0.4, -0.2) is 19.8 Å². The monoisotopic (exact) mass is 249 g/mol. The van der Waals surface area contributed by atoms with E-state index in [-0.39, 0.29) is 6.04 Å². The normalized spacial score (nSPS) is 16.6. The topological polar surface area (TPSA) is 44.5 Å². The summed E-state index contributed by atoms with van der Waals surface area (Å²) in [5, 5.41) is 0. The Bertz CT molecular complexity index is 386. The van der Waals surface area contributed by atoms with Gasteiger partial charge in [0.05, 0.1) is 13.7 Å². The number of hydrogen-bond donors (Lipinski definition) is 1. The molecule has 0 aliphatic heterocycles. The van der Waals surface area contributed by atoms with E-state index in [1.165, 1.54) is 18.4 Å². The van der Waals surface area contributed by atoms with Crippen molar-refractivity contribution in [3.8, 4) is 5.75 Å². The van der Waals surface area contributed by atoms with Gasteiger partial charge in [-0.25, -0.2) is 0 Å². The third-order valence-corrected chi connectivity index (χ3v) is 3.21. The first-order chi connectivity index (χ1) is 8.69. The molecule has 0 aromatic heterocycles. The Kier molecular flexibility index (Phi) is 4.61. The number of nitrogens with two attached hydrogens (primary N) is 1. The largest absolute Gasteiger partial charge is 0.496 e. The second kappa shape index (κ2) is 6.21. The van der Waals surface area contributed by atoms with Crippen LogP contribution in [0.3, 0.4) is 0 Å². The maximum absolute atomic E-state index is 5.83. The van der Waals surface area contributed by atoms with Crippen molar-refractivity contribution in [2.24, 2.45) is 11.7 Å².